The van der Waals surface area contributed by atoms with E-state index in [-0.39, 0.29) is 5.91 Å². The molecule has 0 radical (unpaired) electrons. The smallest absolute Gasteiger partial charge is 0.419 e. The zero-order valence-corrected chi connectivity index (χ0v) is 15.0. The molecule has 3 aromatic rings. The summed E-state index contributed by atoms with van der Waals surface area (Å²) in [6, 6.07) is 15.3. The number of para-hydroxylation sites is 1. The Balaban J connectivity index is 1.97. The van der Waals surface area contributed by atoms with Gasteiger partial charge in [-0.15, -0.1) is 0 Å². The van der Waals surface area contributed by atoms with E-state index in [9.17, 15) is 9.59 Å². The zero-order chi connectivity index (χ0) is 18.5. The molecule has 1 N–H and O–H groups in total. The Hall–Kier alpha value is -3.08. The third-order valence-electron chi connectivity index (χ3n) is 4.38. The molecule has 1 aromatic heterocycles. The van der Waals surface area contributed by atoms with Gasteiger partial charge >= 0.3 is 6.09 Å². The van der Waals surface area contributed by atoms with Crippen molar-refractivity contribution in [2.75, 3.05) is 0 Å². The number of hydrogen-bond donors (Lipinski definition) is 1. The van der Waals surface area contributed by atoms with Crippen LogP contribution < -0.4 is 5.32 Å². The van der Waals surface area contributed by atoms with Crippen LogP contribution in [-0.4, -0.2) is 22.2 Å². The third-order valence-corrected chi connectivity index (χ3v) is 4.38. The Kier molecular flexibility index (Phi) is 3.61. The number of ether oxygens (including phenoxy) is 1. The summed E-state index contributed by atoms with van der Waals surface area (Å²) in [5.74, 6) is -0.114. The van der Waals surface area contributed by atoms with E-state index in [1.165, 1.54) is 0 Å². The summed E-state index contributed by atoms with van der Waals surface area (Å²) in [4.78, 5) is 25.3. The standard InChI is InChI=1S/C21H20N2O3/c1-21(2,3)26-20(25)23-16-10-5-4-7-13(16)11-17(23)15-9-6-8-14-12-22-19(24)18(14)15/h4-11H,12H2,1-3H3,(H,22,24). The van der Waals surface area contributed by atoms with E-state index in [0.29, 0.717) is 17.8 Å². The number of carbonyl (C=O) groups excluding carboxylic acids is 2. The topological polar surface area (TPSA) is 60.3 Å². The number of nitrogens with zero attached hydrogens (tertiary/aromatic N) is 1. The van der Waals surface area contributed by atoms with E-state index in [0.717, 1.165) is 22.0 Å². The van der Waals surface area contributed by atoms with Crippen molar-refractivity contribution in [1.29, 1.82) is 0 Å². The van der Waals surface area contributed by atoms with Gasteiger partial charge in [-0.1, -0.05) is 36.4 Å². The average Bonchev–Trinajstić information content (AvgIpc) is 3.14. The van der Waals surface area contributed by atoms with Crippen LogP contribution in [0.2, 0.25) is 0 Å². The maximum Gasteiger partial charge on any atom is 0.419 e. The first-order chi connectivity index (χ1) is 12.3. The summed E-state index contributed by atoms with van der Waals surface area (Å²) in [5.41, 5.74) is 3.10. The molecule has 2 heterocycles. The summed E-state index contributed by atoms with van der Waals surface area (Å²) in [5, 5.41) is 3.77. The minimum Gasteiger partial charge on any atom is -0.443 e. The molecular formula is C21H20N2O3. The van der Waals surface area contributed by atoms with Crippen molar-refractivity contribution in [2.24, 2.45) is 0 Å². The van der Waals surface area contributed by atoms with Crippen molar-refractivity contribution in [3.05, 3.63) is 59.7 Å². The lowest BCUT2D eigenvalue weighted by atomic mass is 10.0. The summed E-state index contributed by atoms with van der Waals surface area (Å²) in [6.07, 6.45) is -0.454. The van der Waals surface area contributed by atoms with Gasteiger partial charge in [0.2, 0.25) is 0 Å². The van der Waals surface area contributed by atoms with E-state index in [4.69, 9.17) is 4.74 Å². The normalized spacial score (nSPS) is 13.6. The molecule has 0 unspecified atom stereocenters. The monoisotopic (exact) mass is 348 g/mol. The van der Waals surface area contributed by atoms with Gasteiger partial charge in [0, 0.05) is 17.5 Å². The van der Waals surface area contributed by atoms with E-state index in [1.807, 2.05) is 69.3 Å². The minimum atomic E-state index is -0.615. The Labute approximate surface area is 151 Å². The second kappa shape index (κ2) is 5.73. The molecule has 132 valence electrons. The third kappa shape index (κ3) is 2.65. The molecule has 5 heteroatoms. The van der Waals surface area contributed by atoms with Crippen molar-refractivity contribution in [1.82, 2.24) is 9.88 Å². The van der Waals surface area contributed by atoms with Gasteiger partial charge in [-0.2, -0.15) is 0 Å². The summed E-state index contributed by atoms with van der Waals surface area (Å²) >= 11 is 0. The van der Waals surface area contributed by atoms with Gasteiger partial charge in [-0.25, -0.2) is 9.36 Å². The second-order valence-electron chi connectivity index (χ2n) is 7.43. The van der Waals surface area contributed by atoms with Gasteiger partial charge in [0.05, 0.1) is 16.8 Å². The number of amides is 1. The van der Waals surface area contributed by atoms with E-state index in [2.05, 4.69) is 5.32 Å². The number of benzene rings is 2. The van der Waals surface area contributed by atoms with Crippen molar-refractivity contribution in [3.8, 4) is 11.3 Å². The Morgan fingerprint density at radius 2 is 1.88 bits per heavy atom. The molecule has 26 heavy (non-hydrogen) atoms. The predicted octanol–water partition coefficient (Wildman–Crippen LogP) is 4.33. The molecule has 0 saturated carbocycles. The van der Waals surface area contributed by atoms with Crippen LogP contribution >= 0.6 is 0 Å². The summed E-state index contributed by atoms with van der Waals surface area (Å²) < 4.78 is 7.18. The lowest BCUT2D eigenvalue weighted by Crippen LogP contribution is -2.27. The average molecular weight is 348 g/mol. The maximum absolute atomic E-state index is 13.0. The quantitative estimate of drug-likeness (QED) is 0.712. The molecule has 1 aliphatic rings. The van der Waals surface area contributed by atoms with Crippen LogP contribution in [0, 0.1) is 0 Å². The van der Waals surface area contributed by atoms with Crippen LogP contribution in [0.3, 0.4) is 0 Å². The molecule has 0 aliphatic carbocycles. The Bertz CT molecular complexity index is 1040. The number of rotatable bonds is 1. The highest BCUT2D eigenvalue weighted by Gasteiger charge is 2.28. The minimum absolute atomic E-state index is 0.114. The second-order valence-corrected chi connectivity index (χ2v) is 7.43. The fourth-order valence-electron chi connectivity index (χ4n) is 3.35. The first-order valence-electron chi connectivity index (χ1n) is 8.59. The van der Waals surface area contributed by atoms with Crippen LogP contribution in [0.1, 0.15) is 36.7 Å². The van der Waals surface area contributed by atoms with Gasteiger partial charge in [0.25, 0.3) is 5.91 Å². The Morgan fingerprint density at radius 3 is 2.65 bits per heavy atom. The lowest BCUT2D eigenvalue weighted by Gasteiger charge is -2.21. The molecule has 2 aromatic carbocycles. The number of aromatic nitrogens is 1. The lowest BCUT2D eigenvalue weighted by molar-refractivity contribution is 0.0547. The van der Waals surface area contributed by atoms with Crippen molar-refractivity contribution in [2.45, 2.75) is 32.9 Å². The van der Waals surface area contributed by atoms with E-state index >= 15 is 0 Å². The van der Waals surface area contributed by atoms with Crippen LogP contribution in [0.4, 0.5) is 4.79 Å². The number of fused-ring (bicyclic) bond motifs is 2. The SMILES string of the molecule is CC(C)(C)OC(=O)n1c(-c2cccc3c2C(=O)NC3)cc2ccccc21. The fourth-order valence-corrected chi connectivity index (χ4v) is 3.35. The zero-order valence-electron chi connectivity index (χ0n) is 15.0. The molecule has 0 atom stereocenters. The Morgan fingerprint density at radius 1 is 1.12 bits per heavy atom. The number of hydrogen-bond acceptors (Lipinski definition) is 3. The van der Waals surface area contributed by atoms with Crippen LogP contribution in [0.5, 0.6) is 0 Å². The fraction of sp³-hybridized carbons (Fsp3) is 0.238. The molecule has 5 nitrogen and oxygen atoms in total. The maximum atomic E-state index is 13.0. The first-order valence-corrected chi connectivity index (χ1v) is 8.59. The molecule has 1 amide bonds. The van der Waals surface area contributed by atoms with Gasteiger partial charge in [0.1, 0.15) is 5.60 Å². The van der Waals surface area contributed by atoms with Crippen LogP contribution in [0.25, 0.3) is 22.2 Å². The van der Waals surface area contributed by atoms with Gasteiger partial charge in [-0.3, -0.25) is 4.79 Å². The van der Waals surface area contributed by atoms with Crippen LogP contribution in [0.15, 0.2) is 48.5 Å². The highest BCUT2D eigenvalue weighted by Crippen LogP contribution is 2.34. The summed E-state index contributed by atoms with van der Waals surface area (Å²) in [7, 11) is 0. The van der Waals surface area contributed by atoms with Crippen molar-refractivity contribution in [3.63, 3.8) is 0 Å². The van der Waals surface area contributed by atoms with Gasteiger partial charge < -0.3 is 10.1 Å². The highest BCUT2D eigenvalue weighted by molar-refractivity contribution is 6.06. The molecule has 4 rings (SSSR count). The molecule has 0 saturated heterocycles. The highest BCUT2D eigenvalue weighted by atomic mass is 16.6. The molecule has 0 bridgehead atoms. The van der Waals surface area contributed by atoms with Gasteiger partial charge in [0.15, 0.2) is 0 Å². The summed E-state index contributed by atoms with van der Waals surface area (Å²) in [6.45, 7) is 6.02. The molecule has 0 fully saturated rings. The van der Waals surface area contributed by atoms with Gasteiger partial charge in [-0.05, 0) is 38.5 Å². The molecule has 1 aliphatic heterocycles. The van der Waals surface area contributed by atoms with Crippen LogP contribution in [-0.2, 0) is 11.3 Å². The predicted molar refractivity (Wildman–Crippen MR) is 100 cm³/mol. The first kappa shape index (κ1) is 16.4. The van der Waals surface area contributed by atoms with Crippen molar-refractivity contribution < 1.29 is 14.3 Å². The van der Waals surface area contributed by atoms with E-state index in [1.54, 1.807) is 4.57 Å². The largest absolute Gasteiger partial charge is 0.443 e. The number of carbonyl (C=O) groups is 2. The molecular weight excluding hydrogens is 328 g/mol. The molecule has 0 spiro atoms. The van der Waals surface area contributed by atoms with Crippen molar-refractivity contribution >= 4 is 22.9 Å². The number of nitrogens with one attached hydrogen (secondary N) is 1. The van der Waals surface area contributed by atoms with E-state index < -0.39 is 11.7 Å².